The Bertz CT molecular complexity index is 905. The van der Waals surface area contributed by atoms with Crippen molar-refractivity contribution in [2.75, 3.05) is 7.11 Å². The second-order valence-corrected chi connectivity index (χ2v) is 5.63. The zero-order chi connectivity index (χ0) is 14.3. The summed E-state index contributed by atoms with van der Waals surface area (Å²) < 4.78 is 6.25. The highest BCUT2D eigenvalue weighted by molar-refractivity contribution is 7.14. The minimum absolute atomic E-state index is 0.326. The van der Waals surface area contributed by atoms with Crippen molar-refractivity contribution in [1.29, 1.82) is 0 Å². The predicted molar refractivity (Wildman–Crippen MR) is 79.3 cm³/mol. The minimum Gasteiger partial charge on any atom is -0.497 e. The minimum atomic E-state index is -0.447. The predicted octanol–water partition coefficient (Wildman–Crippen LogP) is 2.06. The van der Waals surface area contributed by atoms with Gasteiger partial charge in [0.25, 0.3) is 5.56 Å². The Morgan fingerprint density at radius 1 is 1.20 bits per heavy atom. The highest BCUT2D eigenvalue weighted by Crippen LogP contribution is 2.19. The Morgan fingerprint density at radius 3 is 2.65 bits per heavy atom. The largest absolute Gasteiger partial charge is 0.497 e. The van der Waals surface area contributed by atoms with E-state index in [2.05, 4.69) is 4.98 Å². The molecule has 0 aliphatic heterocycles. The van der Waals surface area contributed by atoms with E-state index in [1.54, 1.807) is 24.3 Å². The molecule has 1 aromatic carbocycles. The van der Waals surface area contributed by atoms with Crippen LogP contribution >= 0.6 is 11.3 Å². The van der Waals surface area contributed by atoms with Crippen LogP contribution in [0.5, 0.6) is 5.75 Å². The van der Waals surface area contributed by atoms with Gasteiger partial charge in [0.1, 0.15) is 10.8 Å². The molecule has 6 heteroatoms. The molecule has 3 rings (SSSR count). The van der Waals surface area contributed by atoms with E-state index in [4.69, 9.17) is 4.74 Å². The zero-order valence-electron chi connectivity index (χ0n) is 11.0. The fourth-order valence-electron chi connectivity index (χ4n) is 2.07. The topological polar surface area (TPSA) is 64.1 Å². The second kappa shape index (κ2) is 4.64. The number of H-pyrrole nitrogens is 1. The Morgan fingerprint density at radius 2 is 2.00 bits per heavy atom. The van der Waals surface area contributed by atoms with Crippen LogP contribution in [0.3, 0.4) is 0 Å². The SMILES string of the molecule is COc1ccc2c(=O)n(-c3ccc(C)s3)c(=O)[nH]c2c1. The molecule has 0 radical (unpaired) electrons. The molecule has 20 heavy (non-hydrogen) atoms. The summed E-state index contributed by atoms with van der Waals surface area (Å²) in [5.74, 6) is 0.595. The average molecular weight is 288 g/mol. The molecule has 0 fully saturated rings. The lowest BCUT2D eigenvalue weighted by molar-refractivity contribution is 0.415. The Hall–Kier alpha value is -2.34. The quantitative estimate of drug-likeness (QED) is 0.785. The van der Waals surface area contributed by atoms with Crippen molar-refractivity contribution in [3.63, 3.8) is 0 Å². The fraction of sp³-hybridized carbons (Fsp3) is 0.143. The van der Waals surface area contributed by atoms with Gasteiger partial charge < -0.3 is 9.72 Å². The molecule has 0 amide bonds. The van der Waals surface area contributed by atoms with Crippen LogP contribution < -0.4 is 16.0 Å². The average Bonchev–Trinajstić information content (AvgIpc) is 2.84. The van der Waals surface area contributed by atoms with E-state index >= 15 is 0 Å². The van der Waals surface area contributed by atoms with E-state index in [0.717, 1.165) is 9.44 Å². The summed E-state index contributed by atoms with van der Waals surface area (Å²) in [6, 6.07) is 8.65. The summed E-state index contributed by atoms with van der Waals surface area (Å²) in [6.45, 7) is 1.93. The molecule has 0 saturated heterocycles. The van der Waals surface area contributed by atoms with Crippen molar-refractivity contribution in [3.05, 3.63) is 56.0 Å². The monoisotopic (exact) mass is 288 g/mol. The third kappa shape index (κ3) is 1.94. The van der Waals surface area contributed by atoms with Gasteiger partial charge in [-0.2, -0.15) is 0 Å². The van der Waals surface area contributed by atoms with Crippen LogP contribution in [0.25, 0.3) is 15.9 Å². The van der Waals surface area contributed by atoms with Crippen LogP contribution in [0.2, 0.25) is 0 Å². The molecule has 0 unspecified atom stereocenters. The number of benzene rings is 1. The van der Waals surface area contributed by atoms with Gasteiger partial charge >= 0.3 is 5.69 Å². The third-order valence-electron chi connectivity index (χ3n) is 3.05. The number of aromatic amines is 1. The van der Waals surface area contributed by atoms with E-state index in [1.165, 1.54) is 18.4 Å². The Labute approximate surface area is 118 Å². The van der Waals surface area contributed by atoms with Crippen LogP contribution in [-0.4, -0.2) is 16.7 Å². The van der Waals surface area contributed by atoms with Crippen molar-refractivity contribution in [2.24, 2.45) is 0 Å². The molecule has 0 spiro atoms. The van der Waals surface area contributed by atoms with Crippen LogP contribution in [0.4, 0.5) is 0 Å². The van der Waals surface area contributed by atoms with Crippen LogP contribution in [0, 0.1) is 6.92 Å². The first-order chi connectivity index (χ1) is 9.60. The van der Waals surface area contributed by atoms with Crippen molar-refractivity contribution >= 4 is 22.2 Å². The normalized spacial score (nSPS) is 10.9. The number of methoxy groups -OCH3 is 1. The number of thiophene rings is 1. The van der Waals surface area contributed by atoms with E-state index in [0.29, 0.717) is 21.7 Å². The molecule has 3 aromatic rings. The Balaban J connectivity index is 2.35. The van der Waals surface area contributed by atoms with Gasteiger partial charge in [-0.05, 0) is 31.2 Å². The summed E-state index contributed by atoms with van der Waals surface area (Å²) in [6.07, 6.45) is 0. The zero-order valence-corrected chi connectivity index (χ0v) is 11.8. The lowest BCUT2D eigenvalue weighted by Crippen LogP contribution is -2.32. The molecule has 5 nitrogen and oxygen atoms in total. The van der Waals surface area contributed by atoms with Crippen LogP contribution in [0.1, 0.15) is 4.88 Å². The molecule has 2 heterocycles. The van der Waals surface area contributed by atoms with E-state index in [-0.39, 0.29) is 5.56 Å². The van der Waals surface area contributed by atoms with Gasteiger partial charge in [-0.3, -0.25) is 4.79 Å². The van der Waals surface area contributed by atoms with E-state index < -0.39 is 5.69 Å². The van der Waals surface area contributed by atoms with Gasteiger partial charge in [-0.15, -0.1) is 11.3 Å². The molecule has 1 N–H and O–H groups in total. The number of nitrogens with zero attached hydrogens (tertiary/aromatic N) is 1. The maximum Gasteiger partial charge on any atom is 0.334 e. The second-order valence-electron chi connectivity index (χ2n) is 4.37. The summed E-state index contributed by atoms with van der Waals surface area (Å²) >= 11 is 1.40. The highest BCUT2D eigenvalue weighted by Gasteiger charge is 2.11. The van der Waals surface area contributed by atoms with Crippen molar-refractivity contribution in [3.8, 4) is 10.8 Å². The number of ether oxygens (including phenoxy) is 1. The van der Waals surface area contributed by atoms with Gasteiger partial charge in [0.2, 0.25) is 0 Å². The van der Waals surface area contributed by atoms with Crippen LogP contribution in [0.15, 0.2) is 39.9 Å². The number of fused-ring (bicyclic) bond motifs is 1. The van der Waals surface area contributed by atoms with Gasteiger partial charge in [0.05, 0.1) is 18.0 Å². The number of aryl methyl sites for hydroxylation is 1. The smallest absolute Gasteiger partial charge is 0.334 e. The molecular weight excluding hydrogens is 276 g/mol. The number of nitrogens with one attached hydrogen (secondary N) is 1. The summed E-state index contributed by atoms with van der Waals surface area (Å²) in [7, 11) is 1.54. The lowest BCUT2D eigenvalue weighted by Gasteiger charge is -2.05. The number of hydrogen-bond donors (Lipinski definition) is 1. The van der Waals surface area contributed by atoms with E-state index in [1.807, 2.05) is 13.0 Å². The van der Waals surface area contributed by atoms with Gasteiger partial charge in [-0.25, -0.2) is 9.36 Å². The molecule has 0 atom stereocenters. The van der Waals surface area contributed by atoms with Gasteiger partial charge in [0, 0.05) is 10.9 Å². The third-order valence-corrected chi connectivity index (χ3v) is 4.04. The standard InChI is InChI=1S/C14H12N2O3S/c1-8-3-6-12(20-8)16-13(17)10-5-4-9(19-2)7-11(10)15-14(16)18/h3-7H,1-2H3,(H,15,18). The van der Waals surface area contributed by atoms with Crippen molar-refractivity contribution in [1.82, 2.24) is 9.55 Å². The maximum atomic E-state index is 12.5. The molecule has 102 valence electrons. The first-order valence-corrected chi connectivity index (χ1v) is 6.81. The van der Waals surface area contributed by atoms with Crippen molar-refractivity contribution in [2.45, 2.75) is 6.92 Å². The number of hydrogen-bond acceptors (Lipinski definition) is 4. The summed E-state index contributed by atoms with van der Waals surface area (Å²) in [4.78, 5) is 28.4. The first-order valence-electron chi connectivity index (χ1n) is 6.00. The fourth-order valence-corrected chi connectivity index (χ4v) is 2.93. The highest BCUT2D eigenvalue weighted by atomic mass is 32.1. The van der Waals surface area contributed by atoms with Gasteiger partial charge in [0.15, 0.2) is 0 Å². The molecular formula is C14H12N2O3S. The maximum absolute atomic E-state index is 12.5. The summed E-state index contributed by atoms with van der Waals surface area (Å²) in [5.41, 5.74) is -0.297. The molecule has 2 aromatic heterocycles. The molecule has 0 saturated carbocycles. The first kappa shape index (κ1) is 12.7. The van der Waals surface area contributed by atoms with Crippen LogP contribution in [-0.2, 0) is 0 Å². The van der Waals surface area contributed by atoms with Gasteiger partial charge in [-0.1, -0.05) is 0 Å². The molecule has 0 aliphatic carbocycles. The lowest BCUT2D eigenvalue weighted by atomic mass is 10.2. The van der Waals surface area contributed by atoms with E-state index in [9.17, 15) is 9.59 Å². The molecule has 0 bridgehead atoms. The molecule has 0 aliphatic rings. The van der Waals surface area contributed by atoms with Crippen molar-refractivity contribution < 1.29 is 4.74 Å². The number of aromatic nitrogens is 2. The number of rotatable bonds is 2. The Kier molecular flexibility index (Phi) is 2.94. The summed E-state index contributed by atoms with van der Waals surface area (Å²) in [5, 5.41) is 1.07.